The van der Waals surface area contributed by atoms with Gasteiger partial charge in [-0.1, -0.05) is 18.2 Å². The first-order valence-corrected chi connectivity index (χ1v) is 6.15. The van der Waals surface area contributed by atoms with Gasteiger partial charge in [-0.05, 0) is 19.1 Å². The molecule has 0 aliphatic carbocycles. The Morgan fingerprint density at radius 2 is 2.15 bits per heavy atom. The lowest BCUT2D eigenvalue weighted by molar-refractivity contribution is -0.143. The van der Waals surface area contributed by atoms with Crippen LogP contribution < -0.4 is 5.32 Å². The second-order valence-corrected chi connectivity index (χ2v) is 3.88. The van der Waals surface area contributed by atoms with Gasteiger partial charge in [-0.15, -0.1) is 6.58 Å². The summed E-state index contributed by atoms with van der Waals surface area (Å²) in [5.41, 5.74) is 0.0513. The Morgan fingerprint density at radius 3 is 2.75 bits per heavy atom. The number of rotatable bonds is 6. The van der Waals surface area contributed by atoms with Crippen LogP contribution in [0.5, 0.6) is 0 Å². The quantitative estimate of drug-likeness (QED) is 0.643. The number of nitrogens with one attached hydrogen (secondary N) is 1. The third kappa shape index (κ3) is 4.72. The number of anilines is 1. The van der Waals surface area contributed by atoms with Crippen molar-refractivity contribution in [1.82, 2.24) is 4.90 Å². The first-order valence-electron chi connectivity index (χ1n) is 6.15. The Bertz CT molecular complexity index is 491. The molecule has 1 rings (SSSR count). The van der Waals surface area contributed by atoms with E-state index in [4.69, 9.17) is 4.74 Å². The summed E-state index contributed by atoms with van der Waals surface area (Å²) >= 11 is 0. The van der Waals surface area contributed by atoms with Gasteiger partial charge in [0.25, 0.3) is 0 Å². The molecule has 0 saturated carbocycles. The second kappa shape index (κ2) is 7.93. The van der Waals surface area contributed by atoms with Gasteiger partial charge >= 0.3 is 12.0 Å². The lowest BCUT2D eigenvalue weighted by Gasteiger charge is -2.20. The Labute approximate surface area is 117 Å². The zero-order chi connectivity index (χ0) is 15.0. The zero-order valence-corrected chi connectivity index (χ0v) is 11.3. The third-order valence-electron chi connectivity index (χ3n) is 2.38. The molecule has 5 nitrogen and oxygen atoms in total. The van der Waals surface area contributed by atoms with E-state index in [0.29, 0.717) is 0 Å². The minimum absolute atomic E-state index is 0.0513. The summed E-state index contributed by atoms with van der Waals surface area (Å²) in [7, 11) is 0. The van der Waals surface area contributed by atoms with Gasteiger partial charge in [0, 0.05) is 6.54 Å². The van der Waals surface area contributed by atoms with E-state index in [2.05, 4.69) is 11.9 Å². The number of hydrogen-bond donors (Lipinski definition) is 1. The van der Waals surface area contributed by atoms with E-state index in [9.17, 15) is 14.0 Å². The van der Waals surface area contributed by atoms with Crippen LogP contribution in [-0.4, -0.2) is 36.6 Å². The smallest absolute Gasteiger partial charge is 0.325 e. The molecule has 0 aliphatic heterocycles. The van der Waals surface area contributed by atoms with E-state index in [1.807, 2.05) is 0 Å². The minimum Gasteiger partial charge on any atom is -0.465 e. The lowest BCUT2D eigenvalue weighted by Crippen LogP contribution is -2.39. The van der Waals surface area contributed by atoms with Gasteiger partial charge < -0.3 is 15.0 Å². The van der Waals surface area contributed by atoms with Crippen molar-refractivity contribution >= 4 is 17.7 Å². The summed E-state index contributed by atoms with van der Waals surface area (Å²) in [6, 6.07) is 5.19. The van der Waals surface area contributed by atoms with Crippen LogP contribution in [0.25, 0.3) is 0 Å². The first-order chi connectivity index (χ1) is 9.58. The highest BCUT2D eigenvalue weighted by atomic mass is 19.1. The highest BCUT2D eigenvalue weighted by Gasteiger charge is 2.17. The Balaban J connectivity index is 2.71. The molecule has 0 saturated heterocycles. The standard InChI is InChI=1S/C14H17FN2O3/c1-3-9-17(10-13(18)20-4-2)14(19)16-12-8-6-5-7-11(12)15/h3,5-8H,1,4,9-10H2,2H3,(H,16,19). The number of halogens is 1. The monoisotopic (exact) mass is 280 g/mol. The summed E-state index contributed by atoms with van der Waals surface area (Å²) in [4.78, 5) is 24.6. The number of para-hydroxylation sites is 1. The molecule has 108 valence electrons. The topological polar surface area (TPSA) is 58.6 Å². The van der Waals surface area contributed by atoms with Crippen molar-refractivity contribution in [2.75, 3.05) is 25.0 Å². The van der Waals surface area contributed by atoms with Gasteiger partial charge in [0.2, 0.25) is 0 Å². The molecular formula is C14H17FN2O3. The number of esters is 1. The van der Waals surface area contributed by atoms with E-state index < -0.39 is 17.8 Å². The largest absolute Gasteiger partial charge is 0.465 e. The van der Waals surface area contributed by atoms with Crippen LogP contribution >= 0.6 is 0 Å². The fourth-order valence-corrected chi connectivity index (χ4v) is 1.49. The minimum atomic E-state index is -0.594. The highest BCUT2D eigenvalue weighted by molar-refractivity contribution is 5.91. The molecule has 0 bridgehead atoms. The number of benzene rings is 1. The van der Waals surface area contributed by atoms with E-state index >= 15 is 0 Å². The predicted octanol–water partition coefficient (Wildman–Crippen LogP) is 2.41. The number of nitrogens with zero attached hydrogens (tertiary/aromatic N) is 1. The molecule has 1 aromatic rings. The van der Waals surface area contributed by atoms with Crippen LogP contribution in [0.2, 0.25) is 0 Å². The SMILES string of the molecule is C=CCN(CC(=O)OCC)C(=O)Nc1ccccc1F. The third-order valence-corrected chi connectivity index (χ3v) is 2.38. The zero-order valence-electron chi connectivity index (χ0n) is 11.3. The summed E-state index contributed by atoms with van der Waals surface area (Å²) in [5, 5.41) is 2.40. The molecule has 1 aromatic carbocycles. The van der Waals surface area contributed by atoms with Crippen molar-refractivity contribution in [2.24, 2.45) is 0 Å². The molecular weight excluding hydrogens is 263 g/mol. The van der Waals surface area contributed by atoms with Crippen LogP contribution in [0.4, 0.5) is 14.9 Å². The summed E-state index contributed by atoms with van der Waals surface area (Å²) < 4.78 is 18.2. The Hall–Kier alpha value is -2.37. The van der Waals surface area contributed by atoms with E-state index in [1.54, 1.807) is 13.0 Å². The summed E-state index contributed by atoms with van der Waals surface area (Å²) in [6.45, 7) is 5.35. The van der Waals surface area contributed by atoms with Crippen molar-refractivity contribution in [3.05, 3.63) is 42.7 Å². The van der Waals surface area contributed by atoms with E-state index in [0.717, 1.165) is 0 Å². The molecule has 0 atom stereocenters. The molecule has 0 heterocycles. The molecule has 2 amide bonds. The predicted molar refractivity (Wildman–Crippen MR) is 73.8 cm³/mol. The molecule has 0 aromatic heterocycles. The average molecular weight is 280 g/mol. The average Bonchev–Trinajstić information content (AvgIpc) is 2.41. The molecule has 6 heteroatoms. The fraction of sp³-hybridized carbons (Fsp3) is 0.286. The summed E-state index contributed by atoms with van der Waals surface area (Å²) in [5.74, 6) is -1.08. The van der Waals surface area contributed by atoms with Crippen LogP contribution in [0.15, 0.2) is 36.9 Å². The van der Waals surface area contributed by atoms with E-state index in [-0.39, 0.29) is 25.4 Å². The number of hydrogen-bond acceptors (Lipinski definition) is 3. The normalized spacial score (nSPS) is 9.70. The van der Waals surface area contributed by atoms with Crippen molar-refractivity contribution in [3.63, 3.8) is 0 Å². The number of amides is 2. The number of ether oxygens (including phenoxy) is 1. The molecule has 0 radical (unpaired) electrons. The van der Waals surface area contributed by atoms with Gasteiger partial charge in [-0.2, -0.15) is 0 Å². The fourth-order valence-electron chi connectivity index (χ4n) is 1.49. The number of urea groups is 1. The van der Waals surface area contributed by atoms with Crippen molar-refractivity contribution in [3.8, 4) is 0 Å². The highest BCUT2D eigenvalue weighted by Crippen LogP contribution is 2.13. The van der Waals surface area contributed by atoms with Gasteiger partial charge in [0.1, 0.15) is 12.4 Å². The lowest BCUT2D eigenvalue weighted by atomic mass is 10.3. The Morgan fingerprint density at radius 1 is 1.45 bits per heavy atom. The molecule has 0 spiro atoms. The number of carbonyl (C=O) groups excluding carboxylic acids is 2. The van der Waals surface area contributed by atoms with Gasteiger partial charge in [0.05, 0.1) is 12.3 Å². The molecule has 1 N–H and O–H groups in total. The van der Waals surface area contributed by atoms with E-state index in [1.165, 1.54) is 29.2 Å². The van der Waals surface area contributed by atoms with Gasteiger partial charge in [0.15, 0.2) is 0 Å². The molecule has 0 unspecified atom stereocenters. The Kier molecular flexibility index (Phi) is 6.22. The van der Waals surface area contributed by atoms with Crippen molar-refractivity contribution < 1.29 is 18.7 Å². The van der Waals surface area contributed by atoms with Crippen LogP contribution in [0.3, 0.4) is 0 Å². The van der Waals surface area contributed by atoms with Gasteiger partial charge in [-0.3, -0.25) is 4.79 Å². The van der Waals surface area contributed by atoms with Crippen molar-refractivity contribution in [2.45, 2.75) is 6.92 Å². The maximum absolute atomic E-state index is 13.4. The number of carbonyl (C=O) groups is 2. The maximum Gasteiger partial charge on any atom is 0.325 e. The first kappa shape index (κ1) is 15.7. The maximum atomic E-state index is 13.4. The van der Waals surface area contributed by atoms with Crippen LogP contribution in [0.1, 0.15) is 6.92 Å². The van der Waals surface area contributed by atoms with Crippen molar-refractivity contribution in [1.29, 1.82) is 0 Å². The molecule has 20 heavy (non-hydrogen) atoms. The van der Waals surface area contributed by atoms with Crippen LogP contribution in [0, 0.1) is 5.82 Å². The van der Waals surface area contributed by atoms with Gasteiger partial charge in [-0.25, -0.2) is 9.18 Å². The van der Waals surface area contributed by atoms with Crippen LogP contribution in [-0.2, 0) is 9.53 Å². The second-order valence-electron chi connectivity index (χ2n) is 3.88. The summed E-state index contributed by atoms with van der Waals surface area (Å²) in [6.07, 6.45) is 1.47. The molecule has 0 fully saturated rings. The molecule has 0 aliphatic rings.